The molecule has 0 bridgehead atoms. The van der Waals surface area contributed by atoms with Gasteiger partial charge in [0, 0.05) is 40.0 Å². The van der Waals surface area contributed by atoms with Crippen LogP contribution in [0.1, 0.15) is 24.7 Å². The Balaban J connectivity index is 2.02. The maximum Gasteiger partial charge on any atom is 0.240 e. The fraction of sp³-hybridized carbons (Fsp3) is 0.318. The zero-order valence-corrected chi connectivity index (χ0v) is 16.4. The average molecular weight is 382 g/mol. The van der Waals surface area contributed by atoms with Crippen molar-refractivity contribution in [3.05, 3.63) is 54.1 Å². The van der Waals surface area contributed by atoms with Crippen LogP contribution >= 0.6 is 11.8 Å². The lowest BCUT2D eigenvalue weighted by Crippen LogP contribution is -2.34. The van der Waals surface area contributed by atoms with Crippen LogP contribution in [0.4, 0.5) is 4.39 Å². The minimum Gasteiger partial charge on any atom is -0.342 e. The number of aromatic nitrogens is 1. The number of hydrogen-bond donors (Lipinski definition) is 0. The first-order valence-corrected chi connectivity index (χ1v) is 10.3. The molecule has 0 N–H and O–H groups in total. The molecule has 1 unspecified atom stereocenters. The van der Waals surface area contributed by atoms with E-state index in [1.807, 2.05) is 53.6 Å². The monoisotopic (exact) mass is 381 g/mol. The molecular weight excluding hydrogens is 358 g/mol. The van der Waals surface area contributed by atoms with E-state index < -0.39 is 6.67 Å². The lowest BCUT2D eigenvalue weighted by molar-refractivity contribution is -0.130. The molecule has 1 aliphatic heterocycles. The summed E-state index contributed by atoms with van der Waals surface area (Å²) in [5, 5.41) is 0.744. The van der Waals surface area contributed by atoms with Gasteiger partial charge in [0.1, 0.15) is 11.9 Å². The fourth-order valence-corrected chi connectivity index (χ4v) is 5.34. The smallest absolute Gasteiger partial charge is 0.240 e. The zero-order chi connectivity index (χ0) is 19.0. The molecule has 0 radical (unpaired) electrons. The van der Waals surface area contributed by atoms with Gasteiger partial charge in [0.2, 0.25) is 5.91 Å². The number of alkyl halides is 1. The van der Waals surface area contributed by atoms with Crippen LogP contribution in [0, 0.1) is 0 Å². The van der Waals surface area contributed by atoms with E-state index in [1.165, 1.54) is 0 Å². The third-order valence-corrected chi connectivity index (χ3v) is 6.55. The predicted molar refractivity (Wildman–Crippen MR) is 110 cm³/mol. The van der Waals surface area contributed by atoms with Gasteiger partial charge in [-0.2, -0.15) is 0 Å². The number of para-hydroxylation sites is 1. The van der Waals surface area contributed by atoms with Crippen LogP contribution in [0.3, 0.4) is 0 Å². The molecule has 0 saturated heterocycles. The molecule has 1 amide bonds. The minimum atomic E-state index is -0.435. The highest BCUT2D eigenvalue weighted by Gasteiger charge is 2.36. The Kier molecular flexibility index (Phi) is 4.96. The van der Waals surface area contributed by atoms with Crippen LogP contribution in [0.15, 0.2) is 53.4 Å². The molecular formula is C22H23FN2OS. The molecule has 140 valence electrons. The van der Waals surface area contributed by atoms with Gasteiger partial charge in [-0.3, -0.25) is 4.79 Å². The summed E-state index contributed by atoms with van der Waals surface area (Å²) < 4.78 is 15.5. The number of amides is 1. The normalized spacial score (nSPS) is 15.4. The molecule has 2 heterocycles. The van der Waals surface area contributed by atoms with Crippen molar-refractivity contribution < 1.29 is 9.18 Å². The highest BCUT2D eigenvalue weighted by atomic mass is 32.2. The molecule has 0 fully saturated rings. The third-order valence-electron chi connectivity index (χ3n) is 5.27. The Labute approximate surface area is 163 Å². The standard InChI is InChI=1S/C22H23FN2OS/c1-3-24(4-2)22(26)21-19-15-9-5-7-11-17(15)25(14-13-23)20(19)16-10-6-8-12-18(16)27-21/h5-12,21H,3-4,13-14H2,1-2H3/i23-1. The van der Waals surface area contributed by atoms with E-state index in [0.29, 0.717) is 19.6 Å². The van der Waals surface area contributed by atoms with E-state index in [0.717, 1.165) is 32.6 Å². The van der Waals surface area contributed by atoms with Gasteiger partial charge in [0.15, 0.2) is 0 Å². The topological polar surface area (TPSA) is 25.2 Å². The van der Waals surface area contributed by atoms with Crippen molar-refractivity contribution in [2.75, 3.05) is 19.8 Å². The summed E-state index contributed by atoms with van der Waals surface area (Å²) in [5.74, 6) is 0.129. The lowest BCUT2D eigenvalue weighted by atomic mass is 10.0. The summed E-state index contributed by atoms with van der Waals surface area (Å²) in [6.07, 6.45) is 0. The number of fused-ring (bicyclic) bond motifs is 5. The molecule has 3 aromatic rings. The number of carbonyl (C=O) groups excluding carboxylic acids is 1. The Morgan fingerprint density at radius 2 is 1.81 bits per heavy atom. The number of likely N-dealkylation sites (N-methyl/N-ethyl adjacent to an activating group) is 1. The second kappa shape index (κ2) is 7.39. The summed E-state index contributed by atoms with van der Waals surface area (Å²) in [6.45, 7) is 5.25. The molecule has 27 heavy (non-hydrogen) atoms. The van der Waals surface area contributed by atoms with Gasteiger partial charge in [0.25, 0.3) is 0 Å². The van der Waals surface area contributed by atoms with Crippen LogP contribution in [-0.2, 0) is 11.3 Å². The first kappa shape index (κ1) is 18.1. The number of carbonyl (C=O) groups is 1. The van der Waals surface area contributed by atoms with Gasteiger partial charge in [-0.1, -0.05) is 36.4 Å². The van der Waals surface area contributed by atoms with Gasteiger partial charge in [0.05, 0.1) is 12.2 Å². The van der Waals surface area contributed by atoms with E-state index >= 15 is 0 Å². The van der Waals surface area contributed by atoms with Gasteiger partial charge in [-0.25, -0.2) is 4.39 Å². The summed E-state index contributed by atoms with van der Waals surface area (Å²) in [4.78, 5) is 16.3. The summed E-state index contributed by atoms with van der Waals surface area (Å²) >= 11 is 1.61. The molecule has 5 heteroatoms. The summed E-state index contributed by atoms with van der Waals surface area (Å²) in [5.41, 5.74) is 4.11. The number of benzene rings is 2. The molecule has 0 saturated carbocycles. The zero-order valence-electron chi connectivity index (χ0n) is 15.6. The van der Waals surface area contributed by atoms with Crippen molar-refractivity contribution >= 4 is 28.6 Å². The number of nitrogens with zero attached hydrogens (tertiary/aromatic N) is 2. The highest BCUT2D eigenvalue weighted by molar-refractivity contribution is 8.00. The number of halogens is 1. The van der Waals surface area contributed by atoms with E-state index in [4.69, 9.17) is 0 Å². The van der Waals surface area contributed by atoms with Crippen LogP contribution in [-0.4, -0.2) is 35.1 Å². The summed E-state index contributed by atoms with van der Waals surface area (Å²) in [6, 6.07) is 16.2. The number of rotatable bonds is 5. The van der Waals surface area contributed by atoms with Gasteiger partial charge >= 0.3 is 0 Å². The largest absolute Gasteiger partial charge is 0.342 e. The molecule has 0 aliphatic carbocycles. The Morgan fingerprint density at radius 1 is 1.11 bits per heavy atom. The molecule has 1 aromatic heterocycles. The lowest BCUT2D eigenvalue weighted by Gasteiger charge is -2.29. The van der Waals surface area contributed by atoms with Crippen molar-refractivity contribution in [1.82, 2.24) is 9.47 Å². The van der Waals surface area contributed by atoms with Gasteiger partial charge < -0.3 is 9.47 Å². The molecule has 0 spiro atoms. The van der Waals surface area contributed by atoms with Crippen molar-refractivity contribution in [1.29, 1.82) is 0 Å². The first-order chi connectivity index (χ1) is 13.2. The van der Waals surface area contributed by atoms with E-state index in [1.54, 1.807) is 11.8 Å². The predicted octanol–water partition coefficient (Wildman–Crippen LogP) is 5.29. The SMILES string of the molecule is CCN(CC)C(=O)C1Sc2ccccc2-c2c1c1ccccc1n2CC[18F]. The highest BCUT2D eigenvalue weighted by Crippen LogP contribution is 2.53. The van der Waals surface area contributed by atoms with E-state index in [-0.39, 0.29) is 11.2 Å². The average Bonchev–Trinajstić information content (AvgIpc) is 3.03. The molecule has 4 rings (SSSR count). The van der Waals surface area contributed by atoms with Crippen LogP contribution < -0.4 is 0 Å². The van der Waals surface area contributed by atoms with E-state index in [9.17, 15) is 9.18 Å². The Hall–Kier alpha value is -2.27. The van der Waals surface area contributed by atoms with Crippen LogP contribution in [0.25, 0.3) is 22.2 Å². The number of aryl methyl sites for hydroxylation is 1. The number of hydrogen-bond acceptors (Lipinski definition) is 2. The second-order valence-electron chi connectivity index (χ2n) is 6.62. The molecule has 2 aromatic carbocycles. The maximum absolute atomic E-state index is 13.4. The Morgan fingerprint density at radius 3 is 2.56 bits per heavy atom. The molecule has 1 atom stereocenters. The van der Waals surface area contributed by atoms with Gasteiger partial charge in [-0.05, 0) is 26.0 Å². The molecule has 1 aliphatic rings. The first-order valence-electron chi connectivity index (χ1n) is 9.43. The van der Waals surface area contributed by atoms with Crippen molar-refractivity contribution in [3.8, 4) is 11.3 Å². The fourth-order valence-electron chi connectivity index (χ4n) is 4.03. The Bertz CT molecular complexity index is 993. The molecule has 3 nitrogen and oxygen atoms in total. The third kappa shape index (κ3) is 2.85. The van der Waals surface area contributed by atoms with Crippen LogP contribution in [0.2, 0.25) is 0 Å². The van der Waals surface area contributed by atoms with Crippen molar-refractivity contribution in [2.45, 2.75) is 30.5 Å². The minimum absolute atomic E-state index is 0.129. The van der Waals surface area contributed by atoms with Gasteiger partial charge in [-0.15, -0.1) is 11.8 Å². The van der Waals surface area contributed by atoms with Crippen molar-refractivity contribution in [2.24, 2.45) is 0 Å². The number of thioether (sulfide) groups is 1. The van der Waals surface area contributed by atoms with Crippen molar-refractivity contribution in [3.63, 3.8) is 0 Å². The summed E-state index contributed by atoms with van der Waals surface area (Å²) in [7, 11) is 0. The van der Waals surface area contributed by atoms with Crippen LogP contribution in [0.5, 0.6) is 0 Å². The quantitative estimate of drug-likeness (QED) is 0.600. The second-order valence-corrected chi connectivity index (χ2v) is 7.77. The maximum atomic E-state index is 13.4. The van der Waals surface area contributed by atoms with E-state index in [2.05, 4.69) is 18.2 Å².